The minimum atomic E-state index is -0.750. The molecule has 0 aliphatic carbocycles. The molecule has 0 heterocycles. The van der Waals surface area contributed by atoms with Crippen molar-refractivity contribution in [1.29, 1.82) is 0 Å². The van der Waals surface area contributed by atoms with E-state index in [1.54, 1.807) is 0 Å². The van der Waals surface area contributed by atoms with Gasteiger partial charge < -0.3 is 15.2 Å². The maximum atomic E-state index is 11.5. The fourth-order valence-corrected chi connectivity index (χ4v) is 1.37. The molecule has 0 bridgehead atoms. The van der Waals surface area contributed by atoms with E-state index >= 15 is 0 Å². The van der Waals surface area contributed by atoms with Crippen LogP contribution in [0, 0.1) is 11.8 Å². The van der Waals surface area contributed by atoms with Crippen LogP contribution in [0.15, 0.2) is 0 Å². The Morgan fingerprint density at radius 2 is 1.40 bits per heavy atom. The average Bonchev–Trinajstić information content (AvgIpc) is 2.34. The highest BCUT2D eigenvalue weighted by molar-refractivity contribution is 5.77. The first-order valence-electron chi connectivity index (χ1n) is 7.40. The van der Waals surface area contributed by atoms with Gasteiger partial charge in [-0.1, -0.05) is 27.7 Å². The highest BCUT2D eigenvalue weighted by Gasteiger charge is 2.17. The lowest BCUT2D eigenvalue weighted by Gasteiger charge is -2.12. The summed E-state index contributed by atoms with van der Waals surface area (Å²) in [5, 5.41) is 0. The van der Waals surface area contributed by atoms with E-state index in [1.807, 2.05) is 0 Å². The standard InChI is InChI=1S/C15H29NO4/c1-11(2)7-9-19-14(17)6-5-13(16)15(18)20-10-8-12(3)4/h11-13H,5-10,16H2,1-4H3. The maximum Gasteiger partial charge on any atom is 0.322 e. The second kappa shape index (κ2) is 10.7. The molecule has 0 saturated carbocycles. The lowest BCUT2D eigenvalue weighted by Crippen LogP contribution is -2.33. The van der Waals surface area contributed by atoms with Crippen LogP contribution in [0.3, 0.4) is 0 Å². The van der Waals surface area contributed by atoms with E-state index in [1.165, 1.54) is 0 Å². The van der Waals surface area contributed by atoms with Gasteiger partial charge in [0.2, 0.25) is 0 Å². The summed E-state index contributed by atoms with van der Waals surface area (Å²) in [6.07, 6.45) is 2.07. The van der Waals surface area contributed by atoms with Crippen LogP contribution in [0.1, 0.15) is 53.4 Å². The lowest BCUT2D eigenvalue weighted by atomic mass is 10.1. The van der Waals surface area contributed by atoms with Crippen molar-refractivity contribution in [2.45, 2.75) is 59.4 Å². The van der Waals surface area contributed by atoms with Gasteiger partial charge >= 0.3 is 11.9 Å². The predicted octanol–water partition coefficient (Wildman–Crippen LogP) is 2.27. The Kier molecular flexibility index (Phi) is 10.1. The number of ether oxygens (including phenoxy) is 2. The molecule has 0 fully saturated rings. The first-order chi connectivity index (χ1) is 9.32. The van der Waals surface area contributed by atoms with Crippen LogP contribution in [-0.4, -0.2) is 31.2 Å². The zero-order chi connectivity index (χ0) is 15.5. The smallest absolute Gasteiger partial charge is 0.322 e. The molecule has 118 valence electrons. The topological polar surface area (TPSA) is 78.6 Å². The van der Waals surface area contributed by atoms with Crippen molar-refractivity contribution in [2.24, 2.45) is 17.6 Å². The SMILES string of the molecule is CC(C)CCOC(=O)CCC(N)C(=O)OCCC(C)C. The third-order valence-electron chi connectivity index (χ3n) is 2.86. The first kappa shape index (κ1) is 18.9. The summed E-state index contributed by atoms with van der Waals surface area (Å²) in [6.45, 7) is 9.04. The molecule has 0 radical (unpaired) electrons. The normalized spacial score (nSPS) is 12.6. The largest absolute Gasteiger partial charge is 0.466 e. The zero-order valence-electron chi connectivity index (χ0n) is 13.2. The van der Waals surface area contributed by atoms with E-state index in [2.05, 4.69) is 27.7 Å². The summed E-state index contributed by atoms with van der Waals surface area (Å²) < 4.78 is 10.1. The Morgan fingerprint density at radius 1 is 0.900 bits per heavy atom. The Morgan fingerprint density at radius 3 is 1.90 bits per heavy atom. The average molecular weight is 287 g/mol. The minimum Gasteiger partial charge on any atom is -0.466 e. The lowest BCUT2D eigenvalue weighted by molar-refractivity contribution is -0.147. The van der Waals surface area contributed by atoms with E-state index in [9.17, 15) is 9.59 Å². The van der Waals surface area contributed by atoms with Crippen LogP contribution in [0.5, 0.6) is 0 Å². The molecule has 1 atom stereocenters. The summed E-state index contributed by atoms with van der Waals surface area (Å²) in [7, 11) is 0. The van der Waals surface area contributed by atoms with Crippen LogP contribution in [-0.2, 0) is 19.1 Å². The number of hydrogen-bond acceptors (Lipinski definition) is 5. The molecule has 0 aromatic carbocycles. The summed E-state index contributed by atoms with van der Waals surface area (Å²) in [5.41, 5.74) is 5.68. The Labute approximate surface area is 122 Å². The number of esters is 2. The van der Waals surface area contributed by atoms with Gasteiger partial charge in [-0.15, -0.1) is 0 Å². The Hall–Kier alpha value is -1.10. The number of hydrogen-bond donors (Lipinski definition) is 1. The molecule has 0 spiro atoms. The molecule has 0 aliphatic rings. The van der Waals surface area contributed by atoms with Crippen LogP contribution in [0.4, 0.5) is 0 Å². The van der Waals surface area contributed by atoms with Crippen LogP contribution in [0.2, 0.25) is 0 Å². The van der Waals surface area contributed by atoms with E-state index in [0.29, 0.717) is 25.0 Å². The summed E-state index contributed by atoms with van der Waals surface area (Å²) in [5.74, 6) is 0.229. The number of rotatable bonds is 10. The van der Waals surface area contributed by atoms with E-state index in [0.717, 1.165) is 12.8 Å². The van der Waals surface area contributed by atoms with Gasteiger partial charge in [0.25, 0.3) is 0 Å². The van der Waals surface area contributed by atoms with Crippen molar-refractivity contribution in [2.75, 3.05) is 13.2 Å². The molecule has 0 amide bonds. The Balaban J connectivity index is 3.71. The van der Waals surface area contributed by atoms with E-state index in [-0.39, 0.29) is 18.8 Å². The van der Waals surface area contributed by atoms with Crippen molar-refractivity contribution in [3.05, 3.63) is 0 Å². The van der Waals surface area contributed by atoms with Crippen LogP contribution >= 0.6 is 0 Å². The van der Waals surface area contributed by atoms with Crippen molar-refractivity contribution in [3.63, 3.8) is 0 Å². The summed E-state index contributed by atoms with van der Waals surface area (Å²) in [6, 6.07) is -0.750. The predicted molar refractivity (Wildman–Crippen MR) is 78.0 cm³/mol. The van der Waals surface area contributed by atoms with Crippen molar-refractivity contribution >= 4 is 11.9 Å². The molecular formula is C15H29NO4. The van der Waals surface area contributed by atoms with Gasteiger partial charge in [0.1, 0.15) is 6.04 Å². The zero-order valence-corrected chi connectivity index (χ0v) is 13.2. The number of carbonyl (C=O) groups excluding carboxylic acids is 2. The molecule has 1 unspecified atom stereocenters. The van der Waals surface area contributed by atoms with Gasteiger partial charge in [-0.25, -0.2) is 0 Å². The van der Waals surface area contributed by atoms with Crippen molar-refractivity contribution < 1.29 is 19.1 Å². The maximum absolute atomic E-state index is 11.5. The van der Waals surface area contributed by atoms with Gasteiger partial charge in [-0.2, -0.15) is 0 Å². The van der Waals surface area contributed by atoms with E-state index in [4.69, 9.17) is 15.2 Å². The fraction of sp³-hybridized carbons (Fsp3) is 0.867. The number of carbonyl (C=O) groups is 2. The van der Waals surface area contributed by atoms with Gasteiger partial charge in [0.05, 0.1) is 13.2 Å². The van der Waals surface area contributed by atoms with Crippen LogP contribution < -0.4 is 5.73 Å². The third kappa shape index (κ3) is 10.8. The number of nitrogens with two attached hydrogens (primary N) is 1. The molecule has 0 aliphatic heterocycles. The molecular weight excluding hydrogens is 258 g/mol. The molecule has 5 heteroatoms. The monoisotopic (exact) mass is 287 g/mol. The van der Waals surface area contributed by atoms with Crippen molar-refractivity contribution in [3.8, 4) is 0 Å². The molecule has 5 nitrogen and oxygen atoms in total. The highest BCUT2D eigenvalue weighted by atomic mass is 16.5. The third-order valence-corrected chi connectivity index (χ3v) is 2.86. The van der Waals surface area contributed by atoms with Crippen LogP contribution in [0.25, 0.3) is 0 Å². The minimum absolute atomic E-state index is 0.151. The quantitative estimate of drug-likeness (QED) is 0.624. The fourth-order valence-electron chi connectivity index (χ4n) is 1.37. The molecule has 0 rings (SSSR count). The molecule has 0 aromatic rings. The molecule has 0 aromatic heterocycles. The van der Waals surface area contributed by atoms with Gasteiger partial charge in [0.15, 0.2) is 0 Å². The van der Waals surface area contributed by atoms with Gasteiger partial charge in [-0.3, -0.25) is 9.59 Å². The summed E-state index contributed by atoms with van der Waals surface area (Å²) >= 11 is 0. The molecule has 2 N–H and O–H groups in total. The highest BCUT2D eigenvalue weighted by Crippen LogP contribution is 2.04. The van der Waals surface area contributed by atoms with Gasteiger partial charge in [0, 0.05) is 6.42 Å². The van der Waals surface area contributed by atoms with E-state index < -0.39 is 12.0 Å². The molecule has 20 heavy (non-hydrogen) atoms. The summed E-state index contributed by atoms with van der Waals surface area (Å²) in [4.78, 5) is 23.0. The van der Waals surface area contributed by atoms with Gasteiger partial charge in [-0.05, 0) is 31.1 Å². The Bertz CT molecular complexity index is 290. The van der Waals surface area contributed by atoms with Crippen molar-refractivity contribution in [1.82, 2.24) is 0 Å². The second-order valence-electron chi connectivity index (χ2n) is 5.90. The molecule has 0 saturated heterocycles. The first-order valence-corrected chi connectivity index (χ1v) is 7.40. The second-order valence-corrected chi connectivity index (χ2v) is 5.90.